The third kappa shape index (κ3) is 4.94. The number of carbonyl (C=O) groups is 1. The summed E-state index contributed by atoms with van der Waals surface area (Å²) in [6.07, 6.45) is 3.89. The number of morpholine rings is 1. The van der Waals surface area contributed by atoms with Crippen molar-refractivity contribution < 1.29 is 9.53 Å². The Kier molecular flexibility index (Phi) is 6.31. The lowest BCUT2D eigenvalue weighted by atomic mass is 10.3. The first-order valence-corrected chi connectivity index (χ1v) is 10.2. The van der Waals surface area contributed by atoms with Crippen molar-refractivity contribution in [3.05, 3.63) is 35.2 Å². The summed E-state index contributed by atoms with van der Waals surface area (Å²) < 4.78 is 7.30. The zero-order valence-electron chi connectivity index (χ0n) is 16.0. The minimum absolute atomic E-state index is 0.0373. The maximum absolute atomic E-state index is 12.4. The van der Waals surface area contributed by atoms with Gasteiger partial charge in [0, 0.05) is 71.3 Å². The molecule has 4 heterocycles. The van der Waals surface area contributed by atoms with Crippen molar-refractivity contribution in [2.75, 3.05) is 65.6 Å². The molecule has 4 rings (SSSR count). The summed E-state index contributed by atoms with van der Waals surface area (Å²) in [5.74, 6) is 0. The summed E-state index contributed by atoms with van der Waals surface area (Å²) >= 11 is 6.04. The van der Waals surface area contributed by atoms with E-state index in [1.165, 1.54) is 0 Å². The highest BCUT2D eigenvalue weighted by Crippen LogP contribution is 2.14. The summed E-state index contributed by atoms with van der Waals surface area (Å²) in [5.41, 5.74) is 1.92. The van der Waals surface area contributed by atoms with Crippen molar-refractivity contribution >= 4 is 23.3 Å². The molecule has 0 aliphatic carbocycles. The lowest BCUT2D eigenvalue weighted by Crippen LogP contribution is -2.52. The minimum atomic E-state index is 0.0373. The molecule has 0 radical (unpaired) electrons. The number of pyridine rings is 1. The molecule has 2 aliphatic rings. The molecule has 2 fully saturated rings. The molecular formula is C19H27ClN6O2. The highest BCUT2D eigenvalue weighted by molar-refractivity contribution is 6.30. The van der Waals surface area contributed by atoms with Crippen LogP contribution in [0.4, 0.5) is 4.79 Å². The van der Waals surface area contributed by atoms with Crippen LogP contribution in [0, 0.1) is 0 Å². The van der Waals surface area contributed by atoms with Gasteiger partial charge in [0.2, 0.25) is 0 Å². The second-order valence-electron chi connectivity index (χ2n) is 7.29. The molecular weight excluding hydrogens is 380 g/mol. The monoisotopic (exact) mass is 406 g/mol. The summed E-state index contributed by atoms with van der Waals surface area (Å²) in [5, 5.41) is 3.74. The van der Waals surface area contributed by atoms with Gasteiger partial charge >= 0.3 is 6.03 Å². The highest BCUT2D eigenvalue weighted by atomic mass is 35.5. The fourth-order valence-corrected chi connectivity index (χ4v) is 3.86. The average molecular weight is 407 g/mol. The van der Waals surface area contributed by atoms with Gasteiger partial charge in [-0.2, -0.15) is 0 Å². The summed E-state index contributed by atoms with van der Waals surface area (Å²) in [6.45, 7) is 9.00. The van der Waals surface area contributed by atoms with E-state index in [0.29, 0.717) is 11.6 Å². The summed E-state index contributed by atoms with van der Waals surface area (Å²) in [4.78, 5) is 23.6. The number of rotatable bonds is 5. The number of halogens is 1. The molecule has 0 unspecified atom stereocenters. The first-order valence-electron chi connectivity index (χ1n) is 9.86. The number of hydrogen-bond acceptors (Lipinski definition) is 5. The predicted molar refractivity (Wildman–Crippen MR) is 108 cm³/mol. The number of amides is 2. The molecule has 0 aromatic carbocycles. The van der Waals surface area contributed by atoms with E-state index < -0.39 is 0 Å². The van der Waals surface area contributed by atoms with Crippen LogP contribution < -0.4 is 5.32 Å². The molecule has 2 aliphatic heterocycles. The molecule has 1 N–H and O–H groups in total. The van der Waals surface area contributed by atoms with E-state index >= 15 is 0 Å². The molecule has 0 atom stereocenters. The van der Waals surface area contributed by atoms with Gasteiger partial charge in [-0.3, -0.25) is 9.80 Å². The number of ether oxygens (including phenoxy) is 1. The van der Waals surface area contributed by atoms with Gasteiger partial charge in [-0.25, -0.2) is 9.78 Å². The minimum Gasteiger partial charge on any atom is -0.379 e. The Bertz CT molecular complexity index is 799. The molecule has 2 amide bonds. The lowest BCUT2D eigenvalue weighted by Gasteiger charge is -2.34. The van der Waals surface area contributed by atoms with E-state index in [1.54, 1.807) is 0 Å². The topological polar surface area (TPSA) is 65.4 Å². The Morgan fingerprint density at radius 1 is 1.07 bits per heavy atom. The fourth-order valence-electron chi connectivity index (χ4n) is 3.69. The fraction of sp³-hybridized carbons (Fsp3) is 0.579. The zero-order chi connectivity index (χ0) is 19.3. The molecule has 0 bridgehead atoms. The number of carbonyl (C=O) groups excluding carboxylic acids is 1. The molecule has 8 nitrogen and oxygen atoms in total. The molecule has 28 heavy (non-hydrogen) atoms. The van der Waals surface area contributed by atoms with Crippen LogP contribution >= 0.6 is 11.6 Å². The van der Waals surface area contributed by atoms with Crippen molar-refractivity contribution in [1.29, 1.82) is 0 Å². The van der Waals surface area contributed by atoms with Gasteiger partial charge in [0.1, 0.15) is 5.65 Å². The number of piperazine rings is 1. The van der Waals surface area contributed by atoms with Gasteiger partial charge in [0.25, 0.3) is 0 Å². The molecule has 2 saturated heterocycles. The number of aromatic nitrogens is 2. The van der Waals surface area contributed by atoms with Crippen LogP contribution in [0.5, 0.6) is 0 Å². The van der Waals surface area contributed by atoms with E-state index in [4.69, 9.17) is 16.3 Å². The molecule has 0 saturated carbocycles. The predicted octanol–water partition coefficient (Wildman–Crippen LogP) is 1.15. The van der Waals surface area contributed by atoms with Crippen molar-refractivity contribution in [2.24, 2.45) is 0 Å². The molecule has 2 aromatic heterocycles. The maximum Gasteiger partial charge on any atom is 0.317 e. The van der Waals surface area contributed by atoms with Gasteiger partial charge < -0.3 is 19.4 Å². The maximum atomic E-state index is 12.4. The average Bonchev–Trinajstić information content (AvgIpc) is 3.10. The number of hydrogen-bond donors (Lipinski definition) is 1. The standard InChI is InChI=1S/C19H27ClN6O2/c20-16-1-2-18-22-17(15-26(18)13-16)14-24-5-7-25(8-6-24)19(27)21-3-4-23-9-11-28-12-10-23/h1-2,13,15H,3-12,14H2,(H,21,27). The Morgan fingerprint density at radius 2 is 1.86 bits per heavy atom. The third-order valence-electron chi connectivity index (χ3n) is 5.32. The van der Waals surface area contributed by atoms with Gasteiger partial charge in [-0.05, 0) is 12.1 Å². The van der Waals surface area contributed by atoms with E-state index in [-0.39, 0.29) is 6.03 Å². The summed E-state index contributed by atoms with van der Waals surface area (Å²) in [6, 6.07) is 3.81. The Balaban J connectivity index is 1.19. The zero-order valence-corrected chi connectivity index (χ0v) is 16.8. The van der Waals surface area contributed by atoms with Crippen molar-refractivity contribution in [2.45, 2.75) is 6.54 Å². The normalized spacial score (nSPS) is 19.2. The quantitative estimate of drug-likeness (QED) is 0.806. The second-order valence-corrected chi connectivity index (χ2v) is 7.73. The third-order valence-corrected chi connectivity index (χ3v) is 5.54. The van der Waals surface area contributed by atoms with Crippen molar-refractivity contribution in [3.8, 4) is 0 Å². The molecule has 0 spiro atoms. The second kappa shape index (κ2) is 9.09. The Morgan fingerprint density at radius 3 is 2.64 bits per heavy atom. The Labute approximate surface area is 170 Å². The van der Waals surface area contributed by atoms with Crippen molar-refractivity contribution in [3.63, 3.8) is 0 Å². The lowest BCUT2D eigenvalue weighted by molar-refractivity contribution is 0.0385. The molecule has 152 valence electrons. The first-order chi connectivity index (χ1) is 13.7. The molecule has 2 aromatic rings. The van der Waals surface area contributed by atoms with E-state index in [2.05, 4.69) is 20.1 Å². The summed E-state index contributed by atoms with van der Waals surface area (Å²) in [7, 11) is 0. The van der Waals surface area contributed by atoms with Crippen LogP contribution in [-0.2, 0) is 11.3 Å². The van der Waals surface area contributed by atoms with Gasteiger partial charge in [-0.15, -0.1) is 0 Å². The van der Waals surface area contributed by atoms with Crippen LogP contribution in [0.15, 0.2) is 24.5 Å². The first kappa shape index (κ1) is 19.4. The SMILES string of the molecule is O=C(NCCN1CCOCC1)N1CCN(Cc2cn3cc(Cl)ccc3n2)CC1. The number of fused-ring (bicyclic) bond motifs is 1. The van der Waals surface area contributed by atoms with E-state index in [0.717, 1.165) is 76.9 Å². The van der Waals surface area contributed by atoms with E-state index in [9.17, 15) is 4.79 Å². The van der Waals surface area contributed by atoms with Crippen LogP contribution in [0.1, 0.15) is 5.69 Å². The van der Waals surface area contributed by atoms with Gasteiger partial charge in [-0.1, -0.05) is 11.6 Å². The van der Waals surface area contributed by atoms with Crippen molar-refractivity contribution in [1.82, 2.24) is 29.4 Å². The smallest absolute Gasteiger partial charge is 0.317 e. The van der Waals surface area contributed by atoms with Gasteiger partial charge in [0.15, 0.2) is 0 Å². The number of nitrogens with zero attached hydrogens (tertiary/aromatic N) is 5. The van der Waals surface area contributed by atoms with Gasteiger partial charge in [0.05, 0.1) is 23.9 Å². The highest BCUT2D eigenvalue weighted by Gasteiger charge is 2.21. The number of imidazole rings is 1. The van der Waals surface area contributed by atoms with Crippen LogP contribution in [-0.4, -0.2) is 95.7 Å². The Hall–Kier alpha value is -1.87. The number of urea groups is 1. The van der Waals surface area contributed by atoms with Crippen LogP contribution in [0.3, 0.4) is 0 Å². The van der Waals surface area contributed by atoms with Crippen LogP contribution in [0.25, 0.3) is 5.65 Å². The van der Waals surface area contributed by atoms with E-state index in [1.807, 2.05) is 33.8 Å². The largest absolute Gasteiger partial charge is 0.379 e. The van der Waals surface area contributed by atoms with Crippen LogP contribution in [0.2, 0.25) is 5.02 Å². The molecule has 9 heteroatoms. The number of nitrogens with one attached hydrogen (secondary N) is 1.